The molecule has 0 radical (unpaired) electrons. The summed E-state index contributed by atoms with van der Waals surface area (Å²) in [5.41, 5.74) is -1.06. The Kier molecular flexibility index (Phi) is 3.58. The molecule has 7 heteroatoms. The standard InChI is InChI=1S/C15H18O7/c1-7(16)9-5-15(22-13(9)18)4-3-8-10(12(17)20-2)6-21-14(19)11(8)15/h3-5,7-8,10-11,14,16,19H,6H2,1-2H3/t7-,8+,10+,11+,14-,15+/m0/s1. The number of ether oxygens (including phenoxy) is 3. The quantitative estimate of drug-likeness (QED) is 0.525. The highest BCUT2D eigenvalue weighted by atomic mass is 16.6. The molecule has 0 saturated carbocycles. The van der Waals surface area contributed by atoms with Gasteiger partial charge in [-0.3, -0.25) is 4.79 Å². The van der Waals surface area contributed by atoms with Crippen LogP contribution in [0.25, 0.3) is 0 Å². The summed E-state index contributed by atoms with van der Waals surface area (Å²) in [6.07, 6.45) is 2.74. The van der Waals surface area contributed by atoms with Crippen molar-refractivity contribution in [1.29, 1.82) is 0 Å². The summed E-state index contributed by atoms with van der Waals surface area (Å²) < 4.78 is 15.5. The summed E-state index contributed by atoms with van der Waals surface area (Å²) in [5, 5.41) is 19.8. The van der Waals surface area contributed by atoms with E-state index in [9.17, 15) is 19.8 Å². The molecule has 0 aromatic carbocycles. The van der Waals surface area contributed by atoms with Crippen molar-refractivity contribution in [3.05, 3.63) is 23.8 Å². The molecule has 0 amide bonds. The number of methoxy groups -OCH3 is 1. The molecule has 3 rings (SSSR count). The Morgan fingerprint density at radius 1 is 1.55 bits per heavy atom. The normalized spacial score (nSPS) is 41.1. The van der Waals surface area contributed by atoms with Crippen LogP contribution in [0.1, 0.15) is 6.92 Å². The van der Waals surface area contributed by atoms with Crippen LogP contribution < -0.4 is 0 Å². The van der Waals surface area contributed by atoms with Crippen LogP contribution in [0.2, 0.25) is 0 Å². The lowest BCUT2D eigenvalue weighted by molar-refractivity contribution is -0.221. The van der Waals surface area contributed by atoms with Gasteiger partial charge >= 0.3 is 11.9 Å². The predicted molar refractivity (Wildman–Crippen MR) is 72.2 cm³/mol. The van der Waals surface area contributed by atoms with E-state index in [1.165, 1.54) is 20.1 Å². The number of rotatable bonds is 2. The molecule has 2 N–H and O–H groups in total. The lowest BCUT2D eigenvalue weighted by Crippen LogP contribution is -2.51. The number of aliphatic hydroxyl groups is 2. The molecule has 0 aromatic heterocycles. The van der Waals surface area contributed by atoms with Crippen LogP contribution in [0, 0.1) is 17.8 Å². The van der Waals surface area contributed by atoms with Crippen LogP contribution in [0.3, 0.4) is 0 Å². The van der Waals surface area contributed by atoms with E-state index in [0.29, 0.717) is 0 Å². The number of hydrogen-bond donors (Lipinski definition) is 2. The van der Waals surface area contributed by atoms with Gasteiger partial charge in [-0.15, -0.1) is 0 Å². The maximum Gasteiger partial charge on any atom is 0.337 e. The molecule has 2 heterocycles. The van der Waals surface area contributed by atoms with Gasteiger partial charge in [-0.1, -0.05) is 6.08 Å². The smallest absolute Gasteiger partial charge is 0.337 e. The lowest BCUT2D eigenvalue weighted by Gasteiger charge is -2.40. The topological polar surface area (TPSA) is 102 Å². The van der Waals surface area contributed by atoms with Gasteiger partial charge in [-0.2, -0.15) is 0 Å². The number of carbonyl (C=O) groups is 2. The summed E-state index contributed by atoms with van der Waals surface area (Å²) in [6.45, 7) is 1.50. The predicted octanol–water partition coefficient (Wildman–Crippen LogP) is -0.471. The average Bonchev–Trinajstić information content (AvgIpc) is 3.01. The van der Waals surface area contributed by atoms with Gasteiger partial charge in [-0.25, -0.2) is 4.79 Å². The number of allylic oxidation sites excluding steroid dienone is 1. The summed E-state index contributed by atoms with van der Waals surface area (Å²) in [4.78, 5) is 23.8. The summed E-state index contributed by atoms with van der Waals surface area (Å²) in [6, 6.07) is 0. The van der Waals surface area contributed by atoms with Crippen molar-refractivity contribution in [2.75, 3.05) is 13.7 Å². The lowest BCUT2D eigenvalue weighted by atomic mass is 9.75. The van der Waals surface area contributed by atoms with Crippen LogP contribution in [-0.4, -0.2) is 53.9 Å². The minimum atomic E-state index is -1.19. The van der Waals surface area contributed by atoms with E-state index in [4.69, 9.17) is 14.2 Å². The molecule has 3 aliphatic rings. The molecule has 1 spiro atoms. The molecule has 1 fully saturated rings. The molecule has 120 valence electrons. The Labute approximate surface area is 127 Å². The van der Waals surface area contributed by atoms with Gasteiger partial charge in [0.15, 0.2) is 11.9 Å². The second kappa shape index (κ2) is 5.19. The van der Waals surface area contributed by atoms with Crippen LogP contribution in [-0.2, 0) is 23.8 Å². The van der Waals surface area contributed by atoms with Gasteiger partial charge in [0.2, 0.25) is 0 Å². The molecule has 22 heavy (non-hydrogen) atoms. The molecule has 6 atom stereocenters. The maximum atomic E-state index is 11.9. The Balaban J connectivity index is 1.96. The fourth-order valence-electron chi connectivity index (χ4n) is 3.47. The van der Waals surface area contributed by atoms with Gasteiger partial charge in [0.1, 0.15) is 0 Å². The van der Waals surface area contributed by atoms with E-state index in [-0.39, 0.29) is 18.1 Å². The van der Waals surface area contributed by atoms with E-state index in [1.54, 1.807) is 12.2 Å². The van der Waals surface area contributed by atoms with E-state index < -0.39 is 41.8 Å². The van der Waals surface area contributed by atoms with Crippen molar-refractivity contribution in [2.24, 2.45) is 17.8 Å². The minimum Gasteiger partial charge on any atom is -0.469 e. The van der Waals surface area contributed by atoms with Gasteiger partial charge in [-0.05, 0) is 19.1 Å². The average molecular weight is 310 g/mol. The minimum absolute atomic E-state index is 0.0380. The highest BCUT2D eigenvalue weighted by Gasteiger charge is 2.59. The van der Waals surface area contributed by atoms with Crippen LogP contribution in [0.15, 0.2) is 23.8 Å². The summed E-state index contributed by atoms with van der Waals surface area (Å²) in [7, 11) is 1.29. The third kappa shape index (κ3) is 2.08. The Morgan fingerprint density at radius 3 is 2.86 bits per heavy atom. The summed E-state index contributed by atoms with van der Waals surface area (Å²) in [5.74, 6) is -2.66. The molecule has 1 saturated heterocycles. The van der Waals surface area contributed by atoms with Crippen LogP contribution in [0.4, 0.5) is 0 Å². The van der Waals surface area contributed by atoms with Gasteiger partial charge in [0.25, 0.3) is 0 Å². The molecular weight excluding hydrogens is 292 g/mol. The highest BCUT2D eigenvalue weighted by Crippen LogP contribution is 2.49. The van der Waals surface area contributed by atoms with Gasteiger partial charge in [0.05, 0.1) is 37.2 Å². The van der Waals surface area contributed by atoms with Gasteiger partial charge in [0, 0.05) is 5.92 Å². The van der Waals surface area contributed by atoms with Crippen molar-refractivity contribution >= 4 is 11.9 Å². The van der Waals surface area contributed by atoms with Crippen molar-refractivity contribution in [3.8, 4) is 0 Å². The number of hydrogen-bond acceptors (Lipinski definition) is 7. The van der Waals surface area contributed by atoms with Crippen molar-refractivity contribution in [3.63, 3.8) is 0 Å². The fourth-order valence-corrected chi connectivity index (χ4v) is 3.47. The monoisotopic (exact) mass is 310 g/mol. The van der Waals surface area contributed by atoms with Crippen molar-refractivity contribution < 1.29 is 34.0 Å². The Bertz CT molecular complexity index is 564. The number of fused-ring (bicyclic) bond motifs is 2. The molecule has 1 aliphatic carbocycles. The van der Waals surface area contributed by atoms with E-state index >= 15 is 0 Å². The van der Waals surface area contributed by atoms with E-state index in [1.807, 2.05) is 0 Å². The maximum absolute atomic E-state index is 11.9. The van der Waals surface area contributed by atoms with E-state index in [2.05, 4.69) is 0 Å². The first-order valence-corrected chi connectivity index (χ1v) is 7.10. The third-order valence-corrected chi connectivity index (χ3v) is 4.57. The molecule has 2 aliphatic heterocycles. The zero-order valence-electron chi connectivity index (χ0n) is 12.3. The zero-order valence-corrected chi connectivity index (χ0v) is 12.3. The Hall–Kier alpha value is -1.70. The highest BCUT2D eigenvalue weighted by molar-refractivity contribution is 5.93. The largest absolute Gasteiger partial charge is 0.469 e. The number of aliphatic hydroxyl groups excluding tert-OH is 2. The second-order valence-corrected chi connectivity index (χ2v) is 5.83. The Morgan fingerprint density at radius 2 is 2.27 bits per heavy atom. The van der Waals surface area contributed by atoms with Crippen LogP contribution in [0.5, 0.6) is 0 Å². The first-order valence-electron chi connectivity index (χ1n) is 7.10. The van der Waals surface area contributed by atoms with Gasteiger partial charge < -0.3 is 24.4 Å². The molecule has 0 bridgehead atoms. The third-order valence-electron chi connectivity index (χ3n) is 4.57. The number of carbonyl (C=O) groups excluding carboxylic acids is 2. The second-order valence-electron chi connectivity index (χ2n) is 5.83. The SMILES string of the molecule is COC(=O)[C@@H]1CO[C@H](O)[C@H]2[C@@H]1C=C[C@@]21C=C([C@H](C)O)C(=O)O1. The van der Waals surface area contributed by atoms with Crippen LogP contribution >= 0.6 is 0 Å². The summed E-state index contributed by atoms with van der Waals surface area (Å²) >= 11 is 0. The van der Waals surface area contributed by atoms with E-state index in [0.717, 1.165) is 0 Å². The molecular formula is C15H18O7. The molecule has 7 nitrogen and oxygen atoms in total. The molecule has 0 aromatic rings. The fraction of sp³-hybridized carbons (Fsp3) is 0.600. The van der Waals surface area contributed by atoms with Crippen molar-refractivity contribution in [2.45, 2.75) is 24.9 Å². The first-order chi connectivity index (χ1) is 10.4. The van der Waals surface area contributed by atoms with Crippen molar-refractivity contribution in [1.82, 2.24) is 0 Å². The number of esters is 2. The zero-order chi connectivity index (χ0) is 16.1. The molecule has 0 unspecified atom stereocenters. The first kappa shape index (κ1) is 15.2.